The summed E-state index contributed by atoms with van der Waals surface area (Å²) in [5.74, 6) is 0.828. The maximum absolute atomic E-state index is 13.1. The van der Waals surface area contributed by atoms with Crippen LogP contribution in [0, 0.1) is 18.7 Å². The number of carbonyl (C=O) groups is 1. The lowest BCUT2D eigenvalue weighted by Gasteiger charge is -2.32. The van der Waals surface area contributed by atoms with Crippen molar-refractivity contribution in [2.75, 3.05) is 26.2 Å². The molecule has 0 radical (unpaired) electrons. The highest BCUT2D eigenvalue weighted by atomic mass is 35.5. The van der Waals surface area contributed by atoms with Gasteiger partial charge < -0.3 is 0 Å². The molecular weight excluding hydrogens is 542 g/mol. The maximum Gasteiger partial charge on any atom is 0.162 e. The predicted molar refractivity (Wildman–Crippen MR) is 167 cm³/mol. The minimum atomic E-state index is -0.173. The van der Waals surface area contributed by atoms with Crippen LogP contribution in [-0.4, -0.2) is 41.8 Å². The first-order chi connectivity index (χ1) is 18.5. The molecule has 0 N–H and O–H groups in total. The second-order valence-corrected chi connectivity index (χ2v) is 11.4. The summed E-state index contributed by atoms with van der Waals surface area (Å²) in [4.78, 5) is 18.0. The van der Waals surface area contributed by atoms with Gasteiger partial charge in [0.15, 0.2) is 5.78 Å². The summed E-state index contributed by atoms with van der Waals surface area (Å²) in [6.45, 7) is 8.30. The number of Topliss-reactive ketones (excluding diaryl/α,β-unsaturated/α-hetero) is 1. The molecule has 0 bridgehead atoms. The van der Waals surface area contributed by atoms with Crippen LogP contribution in [0.15, 0.2) is 66.7 Å². The average Bonchev–Trinajstić information content (AvgIpc) is 3.14. The van der Waals surface area contributed by atoms with Gasteiger partial charge in [-0.2, -0.15) is 0 Å². The van der Waals surface area contributed by atoms with Crippen molar-refractivity contribution in [3.05, 3.63) is 106 Å². The number of piperidine rings is 1. The van der Waals surface area contributed by atoms with Gasteiger partial charge in [0.2, 0.25) is 0 Å². The molecule has 0 atom stereocenters. The SMILES string of the molecule is Cc1ccc(CN2CCc3ccc(C(=O)CCCC4CCN(Cc5ccc(F)cc5)CC4)cc3CC2)cc1.Cl.Cl. The van der Waals surface area contributed by atoms with Crippen LogP contribution in [0.1, 0.15) is 70.3 Å². The monoisotopic (exact) mass is 584 g/mol. The smallest absolute Gasteiger partial charge is 0.162 e. The molecule has 2 aliphatic rings. The van der Waals surface area contributed by atoms with Crippen LogP contribution in [-0.2, 0) is 25.9 Å². The first-order valence-electron chi connectivity index (χ1n) is 14.4. The number of likely N-dealkylation sites (tertiary alicyclic amines) is 1. The van der Waals surface area contributed by atoms with Gasteiger partial charge in [0, 0.05) is 38.2 Å². The molecule has 1 saturated heterocycles. The molecule has 0 unspecified atom stereocenters. The Hall–Kier alpha value is -2.24. The third kappa shape index (κ3) is 9.14. The Morgan fingerprint density at radius 3 is 2.00 bits per heavy atom. The zero-order valence-electron chi connectivity index (χ0n) is 23.6. The summed E-state index contributed by atoms with van der Waals surface area (Å²) in [7, 11) is 0. The van der Waals surface area contributed by atoms with Gasteiger partial charge >= 0.3 is 0 Å². The summed E-state index contributed by atoms with van der Waals surface area (Å²) >= 11 is 0. The van der Waals surface area contributed by atoms with Crippen molar-refractivity contribution in [3.8, 4) is 0 Å². The third-order valence-corrected chi connectivity index (χ3v) is 8.49. The predicted octanol–water partition coefficient (Wildman–Crippen LogP) is 7.84. The molecule has 5 rings (SSSR count). The van der Waals surface area contributed by atoms with Crippen LogP contribution >= 0.6 is 24.8 Å². The van der Waals surface area contributed by atoms with Crippen LogP contribution in [0.4, 0.5) is 4.39 Å². The number of ketones is 1. The molecule has 2 aliphatic heterocycles. The van der Waals surface area contributed by atoms with E-state index in [1.807, 2.05) is 12.1 Å². The topological polar surface area (TPSA) is 23.6 Å². The molecule has 1 fully saturated rings. The molecule has 0 aromatic heterocycles. The Labute approximate surface area is 252 Å². The quantitative estimate of drug-likeness (QED) is 0.239. The van der Waals surface area contributed by atoms with Crippen molar-refractivity contribution >= 4 is 30.6 Å². The van der Waals surface area contributed by atoms with Crippen LogP contribution in [0.3, 0.4) is 0 Å². The van der Waals surface area contributed by atoms with E-state index in [0.29, 0.717) is 18.1 Å². The third-order valence-electron chi connectivity index (χ3n) is 8.49. The van der Waals surface area contributed by atoms with Gasteiger partial charge in [-0.15, -0.1) is 24.8 Å². The molecule has 0 amide bonds. The number of nitrogens with zero attached hydrogens (tertiary/aromatic N) is 2. The normalized spacial score (nSPS) is 16.4. The molecule has 3 nitrogen and oxygen atoms in total. The van der Waals surface area contributed by atoms with Crippen LogP contribution < -0.4 is 0 Å². The van der Waals surface area contributed by atoms with Crippen molar-refractivity contribution in [1.29, 1.82) is 0 Å². The molecule has 0 spiro atoms. The summed E-state index contributed by atoms with van der Waals surface area (Å²) in [6.07, 6.45) is 7.20. The van der Waals surface area contributed by atoms with E-state index in [9.17, 15) is 9.18 Å². The summed E-state index contributed by atoms with van der Waals surface area (Å²) in [6, 6.07) is 22.2. The number of rotatable bonds is 9. The van der Waals surface area contributed by atoms with E-state index >= 15 is 0 Å². The van der Waals surface area contributed by atoms with Gasteiger partial charge in [0.05, 0.1) is 0 Å². The lowest BCUT2D eigenvalue weighted by Crippen LogP contribution is -2.33. The Bertz CT molecular complexity index is 1210. The van der Waals surface area contributed by atoms with Gasteiger partial charge in [-0.25, -0.2) is 4.39 Å². The second kappa shape index (κ2) is 15.7. The zero-order valence-corrected chi connectivity index (χ0v) is 25.3. The zero-order chi connectivity index (χ0) is 26.3. The largest absolute Gasteiger partial charge is 0.299 e. The Balaban J connectivity index is 0.00000220. The molecule has 2 heterocycles. The Kier molecular flexibility index (Phi) is 12.6. The van der Waals surface area contributed by atoms with Gasteiger partial charge in [-0.05, 0) is 105 Å². The number of fused-ring (bicyclic) bond motifs is 1. The fourth-order valence-corrected chi connectivity index (χ4v) is 6.03. The first-order valence-corrected chi connectivity index (χ1v) is 14.4. The number of hydrogen-bond donors (Lipinski definition) is 0. The van der Waals surface area contributed by atoms with E-state index in [1.54, 1.807) is 12.1 Å². The average molecular weight is 586 g/mol. The minimum Gasteiger partial charge on any atom is -0.299 e. The second-order valence-electron chi connectivity index (χ2n) is 11.4. The maximum atomic E-state index is 13.1. The standard InChI is InChI=1S/C34H41FN2O.2ClH/c1-26-5-7-28(8-6-26)24-37-21-17-30-11-12-32(23-31(30)18-22-37)34(38)4-2-3-27-15-19-36(20-16-27)25-29-9-13-33(35)14-10-29;;/h5-14,23,27H,2-4,15-22,24-25H2,1H3;2*1H. The first kappa shape index (κ1) is 32.3. The summed E-state index contributed by atoms with van der Waals surface area (Å²) in [5, 5.41) is 0. The van der Waals surface area contributed by atoms with E-state index in [2.05, 4.69) is 59.2 Å². The molecule has 3 aromatic rings. The molecule has 3 aromatic carbocycles. The van der Waals surface area contributed by atoms with E-state index in [1.165, 1.54) is 40.7 Å². The molecule has 6 heteroatoms. The van der Waals surface area contributed by atoms with Gasteiger partial charge in [-0.3, -0.25) is 14.6 Å². The fraction of sp³-hybridized carbons (Fsp3) is 0.441. The Morgan fingerprint density at radius 2 is 1.35 bits per heavy atom. The molecular formula is C34H43Cl2FN2O. The number of aryl methyl sites for hydroxylation is 1. The van der Waals surface area contributed by atoms with Crippen molar-refractivity contribution in [2.24, 2.45) is 5.92 Å². The lowest BCUT2D eigenvalue weighted by molar-refractivity contribution is 0.0974. The molecule has 40 heavy (non-hydrogen) atoms. The Morgan fingerprint density at radius 1 is 0.775 bits per heavy atom. The molecule has 0 aliphatic carbocycles. The molecule has 216 valence electrons. The van der Waals surface area contributed by atoms with Crippen LogP contribution in [0.5, 0.6) is 0 Å². The number of benzene rings is 3. The minimum absolute atomic E-state index is 0. The molecule has 0 saturated carbocycles. The number of halogens is 3. The van der Waals surface area contributed by atoms with E-state index in [0.717, 1.165) is 70.5 Å². The highest BCUT2D eigenvalue weighted by Crippen LogP contribution is 2.25. The van der Waals surface area contributed by atoms with E-state index in [-0.39, 0.29) is 30.6 Å². The van der Waals surface area contributed by atoms with Crippen molar-refractivity contribution in [1.82, 2.24) is 9.80 Å². The fourth-order valence-electron chi connectivity index (χ4n) is 6.03. The van der Waals surface area contributed by atoms with E-state index < -0.39 is 0 Å². The highest BCUT2D eigenvalue weighted by molar-refractivity contribution is 5.96. The summed E-state index contributed by atoms with van der Waals surface area (Å²) < 4.78 is 13.1. The van der Waals surface area contributed by atoms with Crippen LogP contribution in [0.25, 0.3) is 0 Å². The number of hydrogen-bond acceptors (Lipinski definition) is 3. The lowest BCUT2D eigenvalue weighted by atomic mass is 9.90. The van der Waals surface area contributed by atoms with Crippen molar-refractivity contribution in [2.45, 2.75) is 65.0 Å². The van der Waals surface area contributed by atoms with Gasteiger partial charge in [0.1, 0.15) is 5.82 Å². The highest BCUT2D eigenvalue weighted by Gasteiger charge is 2.20. The van der Waals surface area contributed by atoms with Gasteiger partial charge in [0.25, 0.3) is 0 Å². The van der Waals surface area contributed by atoms with Crippen molar-refractivity contribution in [3.63, 3.8) is 0 Å². The van der Waals surface area contributed by atoms with Crippen LogP contribution in [0.2, 0.25) is 0 Å². The summed E-state index contributed by atoms with van der Waals surface area (Å²) in [5.41, 5.74) is 7.50. The van der Waals surface area contributed by atoms with E-state index in [4.69, 9.17) is 0 Å². The number of carbonyl (C=O) groups excluding carboxylic acids is 1. The van der Waals surface area contributed by atoms with Crippen molar-refractivity contribution < 1.29 is 9.18 Å². The van der Waals surface area contributed by atoms with Gasteiger partial charge in [-0.1, -0.05) is 54.1 Å².